The molecule has 72 valence electrons. The van der Waals surface area contributed by atoms with Gasteiger partial charge in [-0.1, -0.05) is 23.3 Å². The molecule has 0 bridgehead atoms. The van der Waals surface area contributed by atoms with Crippen molar-refractivity contribution < 1.29 is 9.90 Å². The van der Waals surface area contributed by atoms with Crippen LogP contribution in [0.25, 0.3) is 0 Å². The Balaban J connectivity index is 2.53. The molecule has 0 spiro atoms. The van der Waals surface area contributed by atoms with E-state index < -0.39 is 5.97 Å². The molecular weight excluding hydrogens is 166 g/mol. The Bertz CT molecular complexity index is 254. The average molecular weight is 181 g/mol. The fraction of sp³-hybridized carbons (Fsp3) is 0.500. The fourth-order valence-corrected chi connectivity index (χ4v) is 1.50. The molecule has 1 aliphatic carbocycles. The molecule has 0 fully saturated rings. The Labute approximate surface area is 77.9 Å². The third-order valence-corrected chi connectivity index (χ3v) is 2.28. The van der Waals surface area contributed by atoms with Gasteiger partial charge in [-0.2, -0.15) is 0 Å². The number of carbonyl (C=O) groups is 1. The quantitative estimate of drug-likeness (QED) is 0.645. The Morgan fingerprint density at radius 3 is 2.54 bits per heavy atom. The molecule has 1 rings (SSSR count). The van der Waals surface area contributed by atoms with E-state index in [9.17, 15) is 4.79 Å². The zero-order valence-corrected chi connectivity index (χ0v) is 7.62. The summed E-state index contributed by atoms with van der Waals surface area (Å²) in [5, 5.41) is 8.53. The maximum absolute atomic E-state index is 10.4. The monoisotopic (exact) mass is 181 g/mol. The van der Waals surface area contributed by atoms with Crippen LogP contribution in [0.2, 0.25) is 0 Å². The van der Waals surface area contributed by atoms with Gasteiger partial charge in [0.05, 0.1) is 0 Å². The summed E-state index contributed by atoms with van der Waals surface area (Å²) in [7, 11) is 0. The van der Waals surface area contributed by atoms with E-state index in [0.717, 1.165) is 12.8 Å². The van der Waals surface area contributed by atoms with E-state index in [1.807, 2.05) is 0 Å². The van der Waals surface area contributed by atoms with Crippen molar-refractivity contribution >= 4 is 5.97 Å². The highest BCUT2D eigenvalue weighted by molar-refractivity contribution is 5.67. The van der Waals surface area contributed by atoms with Crippen molar-refractivity contribution in [3.8, 4) is 0 Å². The van der Waals surface area contributed by atoms with Crippen molar-refractivity contribution in [2.75, 3.05) is 6.54 Å². The highest BCUT2D eigenvalue weighted by Gasteiger charge is 2.08. The van der Waals surface area contributed by atoms with Gasteiger partial charge >= 0.3 is 5.97 Å². The minimum atomic E-state index is -0.738. The number of carboxylic acid groups (broad SMARTS) is 1. The van der Waals surface area contributed by atoms with Crippen molar-refractivity contribution in [3.63, 3.8) is 0 Å². The zero-order chi connectivity index (χ0) is 9.68. The van der Waals surface area contributed by atoms with E-state index in [0.29, 0.717) is 13.0 Å². The predicted molar refractivity (Wildman–Crippen MR) is 51.3 cm³/mol. The molecule has 0 unspecified atom stereocenters. The van der Waals surface area contributed by atoms with Gasteiger partial charge in [-0.15, -0.1) is 0 Å². The summed E-state index contributed by atoms with van der Waals surface area (Å²) >= 11 is 0. The van der Waals surface area contributed by atoms with Gasteiger partial charge in [-0.3, -0.25) is 4.79 Å². The largest absolute Gasteiger partial charge is 0.481 e. The van der Waals surface area contributed by atoms with E-state index in [1.54, 1.807) is 0 Å². The maximum Gasteiger partial charge on any atom is 0.303 e. The number of rotatable bonds is 4. The number of aliphatic carboxylic acids is 1. The molecule has 3 nitrogen and oxygen atoms in total. The molecule has 1 aliphatic rings. The number of carboxylic acids is 1. The van der Waals surface area contributed by atoms with Gasteiger partial charge in [0, 0.05) is 13.0 Å². The van der Waals surface area contributed by atoms with Gasteiger partial charge in [-0.05, 0) is 19.3 Å². The van der Waals surface area contributed by atoms with Crippen LogP contribution in [0.1, 0.15) is 25.7 Å². The lowest BCUT2D eigenvalue weighted by Gasteiger charge is -2.14. The summed E-state index contributed by atoms with van der Waals surface area (Å²) in [4.78, 5) is 10.4. The average Bonchev–Trinajstić information content (AvgIpc) is 2.15. The molecule has 0 saturated heterocycles. The summed E-state index contributed by atoms with van der Waals surface area (Å²) < 4.78 is 0. The molecule has 0 aliphatic heterocycles. The van der Waals surface area contributed by atoms with Crippen LogP contribution >= 0.6 is 0 Å². The molecule has 0 aromatic rings. The van der Waals surface area contributed by atoms with Crippen LogP contribution in [0.15, 0.2) is 23.3 Å². The van der Waals surface area contributed by atoms with Crippen LogP contribution in [0.4, 0.5) is 0 Å². The molecule has 3 N–H and O–H groups in total. The molecule has 0 radical (unpaired) electrons. The first kappa shape index (κ1) is 9.99. The topological polar surface area (TPSA) is 63.3 Å². The molecule has 0 heterocycles. The van der Waals surface area contributed by atoms with Crippen LogP contribution in [-0.4, -0.2) is 17.6 Å². The van der Waals surface area contributed by atoms with Crippen LogP contribution < -0.4 is 5.73 Å². The van der Waals surface area contributed by atoms with Crippen molar-refractivity contribution in [2.45, 2.75) is 25.7 Å². The van der Waals surface area contributed by atoms with Crippen molar-refractivity contribution in [3.05, 3.63) is 23.3 Å². The highest BCUT2D eigenvalue weighted by atomic mass is 16.4. The summed E-state index contributed by atoms with van der Waals surface area (Å²) in [6.07, 6.45) is 6.80. The first-order valence-electron chi connectivity index (χ1n) is 4.50. The first-order valence-corrected chi connectivity index (χ1v) is 4.50. The highest BCUT2D eigenvalue weighted by Crippen LogP contribution is 2.22. The molecule has 0 aromatic heterocycles. The molecule has 3 heteroatoms. The SMILES string of the molecule is NCC1=C(CCC(=O)O)CC=CC1. The van der Waals surface area contributed by atoms with Crippen LogP contribution in [0.3, 0.4) is 0 Å². The third kappa shape index (κ3) is 3.03. The number of hydrogen-bond acceptors (Lipinski definition) is 2. The van der Waals surface area contributed by atoms with Gasteiger partial charge in [0.1, 0.15) is 0 Å². The molecule has 13 heavy (non-hydrogen) atoms. The second-order valence-electron chi connectivity index (χ2n) is 3.18. The van der Waals surface area contributed by atoms with E-state index in [2.05, 4.69) is 12.2 Å². The number of hydrogen-bond donors (Lipinski definition) is 2. The second kappa shape index (κ2) is 4.82. The lowest BCUT2D eigenvalue weighted by Crippen LogP contribution is -2.09. The number of nitrogens with two attached hydrogens (primary N) is 1. The first-order chi connectivity index (χ1) is 6.24. The van der Waals surface area contributed by atoms with Gasteiger partial charge in [-0.25, -0.2) is 0 Å². The molecule has 0 saturated carbocycles. The van der Waals surface area contributed by atoms with Gasteiger partial charge in [0.15, 0.2) is 0 Å². The Morgan fingerprint density at radius 1 is 1.38 bits per heavy atom. The third-order valence-electron chi connectivity index (χ3n) is 2.28. The standard InChI is InChI=1S/C10H15NO2/c11-7-9-4-2-1-3-8(9)5-6-10(12)13/h1-2H,3-7,11H2,(H,12,13). The molecule has 0 atom stereocenters. The zero-order valence-electron chi connectivity index (χ0n) is 7.62. The van der Waals surface area contributed by atoms with Gasteiger partial charge in [0.25, 0.3) is 0 Å². The molecule has 0 amide bonds. The molecular formula is C10H15NO2. The summed E-state index contributed by atoms with van der Waals surface area (Å²) in [6, 6.07) is 0. The minimum Gasteiger partial charge on any atom is -0.481 e. The summed E-state index contributed by atoms with van der Waals surface area (Å²) in [6.45, 7) is 0.555. The van der Waals surface area contributed by atoms with E-state index >= 15 is 0 Å². The lowest BCUT2D eigenvalue weighted by molar-refractivity contribution is -0.136. The Morgan fingerprint density at radius 2 is 2.00 bits per heavy atom. The lowest BCUT2D eigenvalue weighted by atomic mass is 9.93. The maximum atomic E-state index is 10.4. The Kier molecular flexibility index (Phi) is 3.71. The minimum absolute atomic E-state index is 0.215. The van der Waals surface area contributed by atoms with Crippen LogP contribution in [0, 0.1) is 0 Å². The second-order valence-corrected chi connectivity index (χ2v) is 3.18. The Hall–Kier alpha value is -1.09. The summed E-state index contributed by atoms with van der Waals surface area (Å²) in [5.41, 5.74) is 7.99. The smallest absolute Gasteiger partial charge is 0.303 e. The van der Waals surface area contributed by atoms with Crippen molar-refractivity contribution in [1.82, 2.24) is 0 Å². The van der Waals surface area contributed by atoms with Gasteiger partial charge < -0.3 is 10.8 Å². The van der Waals surface area contributed by atoms with Crippen molar-refractivity contribution in [1.29, 1.82) is 0 Å². The fourth-order valence-electron chi connectivity index (χ4n) is 1.50. The van der Waals surface area contributed by atoms with Gasteiger partial charge in [0.2, 0.25) is 0 Å². The van der Waals surface area contributed by atoms with E-state index in [4.69, 9.17) is 10.8 Å². The van der Waals surface area contributed by atoms with E-state index in [-0.39, 0.29) is 6.42 Å². The predicted octanol–water partition coefficient (Wildman–Crippen LogP) is 1.46. The van der Waals surface area contributed by atoms with Crippen LogP contribution in [0.5, 0.6) is 0 Å². The van der Waals surface area contributed by atoms with Crippen LogP contribution in [-0.2, 0) is 4.79 Å². The summed E-state index contributed by atoms with van der Waals surface area (Å²) in [5.74, 6) is -0.738. The van der Waals surface area contributed by atoms with E-state index in [1.165, 1.54) is 11.1 Å². The molecule has 0 aromatic carbocycles. The number of allylic oxidation sites excluding steroid dienone is 3. The normalized spacial score (nSPS) is 16.4. The van der Waals surface area contributed by atoms with Crippen molar-refractivity contribution in [2.24, 2.45) is 5.73 Å².